The second kappa shape index (κ2) is 8.55. The van der Waals surface area contributed by atoms with Crippen LogP contribution in [-0.2, 0) is 13.1 Å². The standard InChI is InChI=1S/C24H29FN8/c1-24(2,3)31-9-8-17(13-31)14-32-16-20(12-27-32)29-23-26-10-19-11-28-33(22(19)30-23)15-18-6-4-5-7-21(18)25/h4-7,10-12,16-17H,8-9,13-15H2,1-3H3,(H,26,29,30). The van der Waals surface area contributed by atoms with Gasteiger partial charge in [0.25, 0.3) is 0 Å². The van der Waals surface area contributed by atoms with Gasteiger partial charge in [-0.1, -0.05) is 18.2 Å². The van der Waals surface area contributed by atoms with Gasteiger partial charge in [0.2, 0.25) is 5.95 Å². The van der Waals surface area contributed by atoms with E-state index in [1.165, 1.54) is 12.5 Å². The predicted molar refractivity (Wildman–Crippen MR) is 126 cm³/mol. The van der Waals surface area contributed by atoms with E-state index in [1.54, 1.807) is 35.4 Å². The molecule has 33 heavy (non-hydrogen) atoms. The number of fused-ring (bicyclic) bond motifs is 1. The van der Waals surface area contributed by atoms with Gasteiger partial charge in [-0.15, -0.1) is 0 Å². The zero-order chi connectivity index (χ0) is 23.0. The van der Waals surface area contributed by atoms with Crippen LogP contribution >= 0.6 is 0 Å². The molecule has 172 valence electrons. The molecule has 4 heterocycles. The second-order valence-corrected chi connectivity index (χ2v) is 9.71. The Hall–Kier alpha value is -3.33. The Morgan fingerprint density at radius 3 is 2.76 bits per heavy atom. The SMILES string of the molecule is CC(C)(C)N1CCC(Cn2cc(Nc3ncc4cnn(Cc5ccccc5F)c4n3)cn2)C1. The van der Waals surface area contributed by atoms with E-state index < -0.39 is 0 Å². The average Bonchev–Trinajstić information content (AvgIpc) is 3.51. The van der Waals surface area contributed by atoms with Crippen LogP contribution in [0, 0.1) is 11.7 Å². The fourth-order valence-electron chi connectivity index (χ4n) is 4.34. The first-order valence-electron chi connectivity index (χ1n) is 11.3. The van der Waals surface area contributed by atoms with Gasteiger partial charge in [-0.2, -0.15) is 15.2 Å². The molecule has 9 heteroatoms. The molecule has 1 aliphatic heterocycles. The topological polar surface area (TPSA) is 76.7 Å². The molecule has 1 unspecified atom stereocenters. The predicted octanol–water partition coefficient (Wildman–Crippen LogP) is 4.07. The maximum absolute atomic E-state index is 14.1. The summed E-state index contributed by atoms with van der Waals surface area (Å²) in [6, 6.07) is 6.70. The molecule has 1 saturated heterocycles. The van der Waals surface area contributed by atoms with Crippen molar-refractivity contribution in [3.05, 3.63) is 60.4 Å². The van der Waals surface area contributed by atoms with Gasteiger partial charge in [0.1, 0.15) is 5.82 Å². The van der Waals surface area contributed by atoms with Crippen molar-refractivity contribution in [3.8, 4) is 0 Å². The van der Waals surface area contributed by atoms with E-state index >= 15 is 0 Å². The van der Waals surface area contributed by atoms with E-state index in [0.717, 1.165) is 30.7 Å². The highest BCUT2D eigenvalue weighted by atomic mass is 19.1. The molecule has 0 aliphatic carbocycles. The Bertz CT molecular complexity index is 1250. The number of halogens is 1. The zero-order valence-corrected chi connectivity index (χ0v) is 19.2. The molecule has 0 spiro atoms. The molecular weight excluding hydrogens is 419 g/mol. The van der Waals surface area contributed by atoms with Crippen LogP contribution in [0.5, 0.6) is 0 Å². The Kier molecular flexibility index (Phi) is 5.57. The monoisotopic (exact) mass is 448 g/mol. The number of hydrogen-bond donors (Lipinski definition) is 1. The summed E-state index contributed by atoms with van der Waals surface area (Å²) in [5.41, 5.74) is 2.26. The van der Waals surface area contributed by atoms with Crippen molar-refractivity contribution < 1.29 is 4.39 Å². The van der Waals surface area contributed by atoms with Gasteiger partial charge in [0, 0.05) is 36.6 Å². The van der Waals surface area contributed by atoms with Crippen LogP contribution in [0.25, 0.3) is 11.0 Å². The maximum Gasteiger partial charge on any atom is 0.229 e. The first kappa shape index (κ1) is 21.5. The highest BCUT2D eigenvalue weighted by molar-refractivity contribution is 5.75. The Morgan fingerprint density at radius 1 is 1.12 bits per heavy atom. The lowest BCUT2D eigenvalue weighted by Gasteiger charge is -2.31. The highest BCUT2D eigenvalue weighted by Crippen LogP contribution is 2.26. The third-order valence-corrected chi connectivity index (χ3v) is 6.22. The molecule has 4 aromatic rings. The fourth-order valence-corrected chi connectivity index (χ4v) is 4.34. The Balaban J connectivity index is 1.27. The van der Waals surface area contributed by atoms with Crippen LogP contribution in [0.3, 0.4) is 0 Å². The largest absolute Gasteiger partial charge is 0.321 e. The van der Waals surface area contributed by atoms with E-state index in [4.69, 9.17) is 0 Å². The molecule has 0 radical (unpaired) electrons. The lowest BCUT2D eigenvalue weighted by Crippen LogP contribution is -2.39. The first-order chi connectivity index (χ1) is 15.8. The Labute approximate surface area is 192 Å². The summed E-state index contributed by atoms with van der Waals surface area (Å²) in [7, 11) is 0. The molecule has 5 rings (SSSR count). The molecule has 1 N–H and O–H groups in total. The van der Waals surface area contributed by atoms with Crippen molar-refractivity contribution in [1.82, 2.24) is 34.4 Å². The van der Waals surface area contributed by atoms with Gasteiger partial charge < -0.3 is 5.32 Å². The number of nitrogens with one attached hydrogen (secondary N) is 1. The molecule has 1 atom stereocenters. The van der Waals surface area contributed by atoms with E-state index in [2.05, 4.69) is 51.2 Å². The quantitative estimate of drug-likeness (QED) is 0.479. The summed E-state index contributed by atoms with van der Waals surface area (Å²) in [5, 5.41) is 12.9. The van der Waals surface area contributed by atoms with Crippen LogP contribution < -0.4 is 5.32 Å². The highest BCUT2D eigenvalue weighted by Gasteiger charge is 2.30. The van der Waals surface area contributed by atoms with Crippen LogP contribution in [-0.4, -0.2) is 53.1 Å². The summed E-state index contributed by atoms with van der Waals surface area (Å²) in [5.74, 6) is 0.795. The minimum absolute atomic E-state index is 0.209. The molecule has 8 nitrogen and oxygen atoms in total. The molecule has 1 aliphatic rings. The Morgan fingerprint density at radius 2 is 1.97 bits per heavy atom. The van der Waals surface area contributed by atoms with E-state index in [9.17, 15) is 4.39 Å². The second-order valence-electron chi connectivity index (χ2n) is 9.71. The fraction of sp³-hybridized carbons (Fsp3) is 0.417. The molecule has 0 bridgehead atoms. The summed E-state index contributed by atoms with van der Waals surface area (Å²) >= 11 is 0. The normalized spacial score (nSPS) is 17.2. The van der Waals surface area contributed by atoms with Crippen LogP contribution in [0.4, 0.5) is 16.0 Å². The molecule has 3 aromatic heterocycles. The number of benzene rings is 1. The first-order valence-corrected chi connectivity index (χ1v) is 11.3. The van der Waals surface area contributed by atoms with Gasteiger partial charge >= 0.3 is 0 Å². The van der Waals surface area contributed by atoms with Crippen molar-refractivity contribution >= 4 is 22.7 Å². The lowest BCUT2D eigenvalue weighted by molar-refractivity contribution is 0.166. The van der Waals surface area contributed by atoms with Crippen molar-refractivity contribution in [2.45, 2.75) is 45.8 Å². The van der Waals surface area contributed by atoms with Crippen molar-refractivity contribution in [2.75, 3.05) is 18.4 Å². The van der Waals surface area contributed by atoms with Crippen LogP contribution in [0.2, 0.25) is 0 Å². The molecule has 0 saturated carbocycles. The molecule has 1 fully saturated rings. The molecular formula is C24H29FN8. The van der Waals surface area contributed by atoms with Gasteiger partial charge in [0.15, 0.2) is 5.65 Å². The van der Waals surface area contributed by atoms with Crippen molar-refractivity contribution in [3.63, 3.8) is 0 Å². The molecule has 1 aromatic carbocycles. The van der Waals surface area contributed by atoms with Crippen LogP contribution in [0.15, 0.2) is 49.1 Å². The van der Waals surface area contributed by atoms with Crippen molar-refractivity contribution in [2.24, 2.45) is 5.92 Å². The summed E-state index contributed by atoms with van der Waals surface area (Å²) in [6.07, 6.45) is 8.39. The summed E-state index contributed by atoms with van der Waals surface area (Å²) in [4.78, 5) is 11.5. The van der Waals surface area contributed by atoms with Gasteiger partial charge in [0.05, 0.1) is 30.0 Å². The van der Waals surface area contributed by atoms with Crippen molar-refractivity contribution in [1.29, 1.82) is 0 Å². The third-order valence-electron chi connectivity index (χ3n) is 6.22. The summed E-state index contributed by atoms with van der Waals surface area (Å²) < 4.78 is 17.7. The number of likely N-dealkylation sites (tertiary alicyclic amines) is 1. The summed E-state index contributed by atoms with van der Waals surface area (Å²) in [6.45, 7) is 10.2. The number of anilines is 2. The minimum atomic E-state index is -0.256. The number of rotatable bonds is 6. The number of nitrogens with zero attached hydrogens (tertiary/aromatic N) is 7. The van der Waals surface area contributed by atoms with Gasteiger partial charge in [-0.25, -0.2) is 14.1 Å². The smallest absolute Gasteiger partial charge is 0.229 e. The maximum atomic E-state index is 14.1. The van der Waals surface area contributed by atoms with Crippen LogP contribution in [0.1, 0.15) is 32.8 Å². The molecule has 0 amide bonds. The van der Waals surface area contributed by atoms with Gasteiger partial charge in [-0.3, -0.25) is 9.58 Å². The number of hydrogen-bond acceptors (Lipinski definition) is 6. The minimum Gasteiger partial charge on any atom is -0.321 e. The third kappa shape index (κ3) is 4.73. The average molecular weight is 449 g/mol. The van der Waals surface area contributed by atoms with E-state index in [-0.39, 0.29) is 11.4 Å². The van der Waals surface area contributed by atoms with E-state index in [1.807, 2.05) is 16.9 Å². The zero-order valence-electron chi connectivity index (χ0n) is 19.2. The lowest BCUT2D eigenvalue weighted by atomic mass is 10.1. The van der Waals surface area contributed by atoms with Gasteiger partial charge in [-0.05, 0) is 45.7 Å². The van der Waals surface area contributed by atoms with E-state index in [0.29, 0.717) is 29.6 Å². The number of aromatic nitrogens is 6.